The fourth-order valence-electron chi connectivity index (χ4n) is 1.44. The summed E-state index contributed by atoms with van der Waals surface area (Å²) in [5, 5.41) is 8.04. The van der Waals surface area contributed by atoms with Crippen LogP contribution >= 0.6 is 11.8 Å². The molecule has 94 valence electrons. The molecule has 4 nitrogen and oxygen atoms in total. The molecule has 2 aromatic rings. The van der Waals surface area contributed by atoms with Gasteiger partial charge in [0, 0.05) is 12.6 Å². The van der Waals surface area contributed by atoms with Crippen LogP contribution in [0.4, 0.5) is 4.39 Å². The van der Waals surface area contributed by atoms with E-state index in [4.69, 9.17) is 0 Å². The van der Waals surface area contributed by atoms with Crippen molar-refractivity contribution in [2.24, 2.45) is 7.05 Å². The van der Waals surface area contributed by atoms with Crippen molar-refractivity contribution in [3.8, 4) is 0 Å². The number of hydrogen-bond acceptors (Lipinski definition) is 4. The molecule has 0 bridgehead atoms. The van der Waals surface area contributed by atoms with E-state index in [1.807, 2.05) is 7.05 Å². The van der Waals surface area contributed by atoms with Crippen LogP contribution in [0.2, 0.25) is 0 Å². The zero-order chi connectivity index (χ0) is 13.1. The number of carbonyl (C=O) groups is 1. The fourth-order valence-corrected chi connectivity index (χ4v) is 2.31. The van der Waals surface area contributed by atoms with Crippen LogP contribution in [-0.2, 0) is 7.05 Å². The predicted molar refractivity (Wildman–Crippen MR) is 67.1 cm³/mol. The summed E-state index contributed by atoms with van der Waals surface area (Å²) in [6, 6.07) is 5.55. The number of aromatic nitrogens is 3. The number of benzene rings is 1. The van der Waals surface area contributed by atoms with Crippen molar-refractivity contribution in [1.82, 2.24) is 14.8 Å². The first-order valence-corrected chi connectivity index (χ1v) is 6.26. The fraction of sp³-hybridized carbons (Fsp3) is 0.250. The summed E-state index contributed by atoms with van der Waals surface area (Å²) in [6.07, 6.45) is 1.58. The third kappa shape index (κ3) is 2.76. The largest absolute Gasteiger partial charge is 0.312 e. The molecule has 0 saturated heterocycles. The minimum absolute atomic E-state index is 0.0528. The summed E-state index contributed by atoms with van der Waals surface area (Å²) in [4.78, 5) is 12.1. The van der Waals surface area contributed by atoms with Gasteiger partial charge in [-0.3, -0.25) is 4.79 Å². The number of halogens is 1. The molecule has 1 aromatic heterocycles. The molecule has 0 aliphatic rings. The Morgan fingerprint density at radius 3 is 2.61 bits per heavy atom. The molecular weight excluding hydrogens is 253 g/mol. The van der Waals surface area contributed by atoms with Gasteiger partial charge in [-0.15, -0.1) is 10.2 Å². The van der Waals surface area contributed by atoms with E-state index in [0.29, 0.717) is 10.7 Å². The second-order valence-corrected chi connectivity index (χ2v) is 5.16. The Morgan fingerprint density at radius 1 is 1.39 bits per heavy atom. The molecule has 0 aliphatic heterocycles. The summed E-state index contributed by atoms with van der Waals surface area (Å²) in [6.45, 7) is 1.80. The molecule has 0 amide bonds. The molecule has 0 fully saturated rings. The van der Waals surface area contributed by atoms with Crippen molar-refractivity contribution in [3.63, 3.8) is 0 Å². The summed E-state index contributed by atoms with van der Waals surface area (Å²) >= 11 is 1.33. The van der Waals surface area contributed by atoms with Gasteiger partial charge in [0.1, 0.15) is 12.1 Å². The van der Waals surface area contributed by atoms with E-state index in [1.165, 1.54) is 36.0 Å². The number of aryl methyl sites for hydroxylation is 1. The number of carbonyl (C=O) groups excluding carboxylic acids is 1. The smallest absolute Gasteiger partial charge is 0.191 e. The van der Waals surface area contributed by atoms with Crippen LogP contribution < -0.4 is 0 Å². The van der Waals surface area contributed by atoms with E-state index in [2.05, 4.69) is 10.2 Å². The van der Waals surface area contributed by atoms with E-state index in [-0.39, 0.29) is 16.9 Å². The Labute approximate surface area is 108 Å². The number of rotatable bonds is 4. The molecule has 1 heterocycles. The second-order valence-electron chi connectivity index (χ2n) is 3.86. The van der Waals surface area contributed by atoms with E-state index in [1.54, 1.807) is 17.8 Å². The number of Topliss-reactive ketones (excluding diaryl/α,β-unsaturated/α-hetero) is 1. The number of nitrogens with zero attached hydrogens (tertiary/aromatic N) is 3. The highest BCUT2D eigenvalue weighted by Crippen LogP contribution is 2.23. The first-order valence-electron chi connectivity index (χ1n) is 5.38. The van der Waals surface area contributed by atoms with E-state index < -0.39 is 0 Å². The molecule has 0 radical (unpaired) electrons. The lowest BCUT2D eigenvalue weighted by Crippen LogP contribution is -2.14. The Bertz CT molecular complexity index is 553. The Hall–Kier alpha value is -1.69. The van der Waals surface area contributed by atoms with Crippen molar-refractivity contribution >= 4 is 17.5 Å². The summed E-state index contributed by atoms with van der Waals surface area (Å²) in [5.74, 6) is -0.400. The lowest BCUT2D eigenvalue weighted by Gasteiger charge is -2.09. The Morgan fingerprint density at radius 2 is 2.06 bits per heavy atom. The molecule has 18 heavy (non-hydrogen) atoms. The van der Waals surface area contributed by atoms with Gasteiger partial charge in [-0.1, -0.05) is 11.8 Å². The van der Waals surface area contributed by atoms with E-state index in [9.17, 15) is 9.18 Å². The van der Waals surface area contributed by atoms with Gasteiger partial charge in [-0.05, 0) is 31.2 Å². The molecular formula is C12H12FN3OS. The van der Waals surface area contributed by atoms with Crippen LogP contribution in [0.1, 0.15) is 17.3 Å². The maximum Gasteiger partial charge on any atom is 0.191 e. The van der Waals surface area contributed by atoms with E-state index in [0.717, 1.165) is 0 Å². The van der Waals surface area contributed by atoms with Gasteiger partial charge in [0.05, 0.1) is 5.25 Å². The highest BCUT2D eigenvalue weighted by Gasteiger charge is 2.18. The Kier molecular flexibility index (Phi) is 3.76. The SMILES string of the molecule is C[C@@H](Sc1nncn1C)C(=O)c1ccc(F)cc1. The van der Waals surface area contributed by atoms with Crippen molar-refractivity contribution in [3.05, 3.63) is 42.0 Å². The van der Waals surface area contributed by atoms with Crippen LogP contribution in [0, 0.1) is 5.82 Å². The molecule has 0 unspecified atom stereocenters. The zero-order valence-electron chi connectivity index (χ0n) is 10.0. The lowest BCUT2D eigenvalue weighted by atomic mass is 10.1. The minimum atomic E-state index is -0.347. The van der Waals surface area contributed by atoms with Gasteiger partial charge in [0.25, 0.3) is 0 Å². The molecule has 1 aromatic carbocycles. The summed E-state index contributed by atoms with van der Waals surface area (Å²) in [5.41, 5.74) is 0.499. The monoisotopic (exact) mass is 265 g/mol. The maximum atomic E-state index is 12.8. The van der Waals surface area contributed by atoms with Gasteiger partial charge >= 0.3 is 0 Å². The van der Waals surface area contributed by atoms with Crippen LogP contribution in [0.3, 0.4) is 0 Å². The number of hydrogen-bond donors (Lipinski definition) is 0. The van der Waals surface area contributed by atoms with Crippen LogP contribution in [0.15, 0.2) is 35.7 Å². The minimum Gasteiger partial charge on any atom is -0.312 e. The normalized spacial score (nSPS) is 12.4. The van der Waals surface area contributed by atoms with Crippen LogP contribution in [-0.4, -0.2) is 25.8 Å². The summed E-state index contributed by atoms with van der Waals surface area (Å²) in [7, 11) is 1.82. The van der Waals surface area contributed by atoms with Crippen LogP contribution in [0.5, 0.6) is 0 Å². The third-order valence-electron chi connectivity index (χ3n) is 2.45. The van der Waals surface area contributed by atoms with Crippen molar-refractivity contribution in [2.75, 3.05) is 0 Å². The number of ketones is 1. The topological polar surface area (TPSA) is 47.8 Å². The quantitative estimate of drug-likeness (QED) is 0.628. The maximum absolute atomic E-state index is 12.8. The molecule has 0 spiro atoms. The third-order valence-corrected chi connectivity index (χ3v) is 3.60. The van der Waals surface area contributed by atoms with Gasteiger partial charge in [0.2, 0.25) is 0 Å². The zero-order valence-corrected chi connectivity index (χ0v) is 10.8. The highest BCUT2D eigenvalue weighted by molar-refractivity contribution is 8.00. The van der Waals surface area contributed by atoms with Crippen molar-refractivity contribution in [2.45, 2.75) is 17.3 Å². The first kappa shape index (κ1) is 12.8. The van der Waals surface area contributed by atoms with E-state index >= 15 is 0 Å². The van der Waals surface area contributed by atoms with Gasteiger partial charge < -0.3 is 4.57 Å². The van der Waals surface area contributed by atoms with Crippen molar-refractivity contribution in [1.29, 1.82) is 0 Å². The molecule has 1 atom stereocenters. The van der Waals surface area contributed by atoms with Crippen molar-refractivity contribution < 1.29 is 9.18 Å². The van der Waals surface area contributed by atoms with Gasteiger partial charge in [-0.2, -0.15) is 0 Å². The van der Waals surface area contributed by atoms with Crippen LogP contribution in [0.25, 0.3) is 0 Å². The molecule has 0 aliphatic carbocycles. The standard InChI is InChI=1S/C12H12FN3OS/c1-8(18-12-15-14-7-16(12)2)11(17)9-3-5-10(13)6-4-9/h3-8H,1-2H3/t8-/m1/s1. The Balaban J connectivity index is 2.09. The number of thioether (sulfide) groups is 1. The molecule has 2 rings (SSSR count). The lowest BCUT2D eigenvalue weighted by molar-refractivity contribution is 0.0994. The van der Waals surface area contributed by atoms with Gasteiger partial charge in [0.15, 0.2) is 10.9 Å². The first-order chi connectivity index (χ1) is 8.58. The second kappa shape index (κ2) is 5.30. The van der Waals surface area contributed by atoms with Gasteiger partial charge in [-0.25, -0.2) is 4.39 Å². The predicted octanol–water partition coefficient (Wildman–Crippen LogP) is 2.32. The molecule has 0 saturated carbocycles. The average molecular weight is 265 g/mol. The summed E-state index contributed by atoms with van der Waals surface area (Å²) < 4.78 is 14.5. The average Bonchev–Trinajstić information content (AvgIpc) is 2.75. The molecule has 6 heteroatoms. The highest BCUT2D eigenvalue weighted by atomic mass is 32.2. The molecule has 0 N–H and O–H groups in total.